The minimum Gasteiger partial charge on any atom is -0.508 e. The number of aromatic nitrogens is 1. The maximum atomic E-state index is 10.7. The van der Waals surface area contributed by atoms with Gasteiger partial charge >= 0.3 is 0 Å². The Balaban J connectivity index is 0.000000225. The lowest BCUT2D eigenvalue weighted by Gasteiger charge is -2.01. The predicted molar refractivity (Wildman–Crippen MR) is 66.9 cm³/mol. The first kappa shape index (κ1) is 14.1. The molecule has 5 nitrogen and oxygen atoms in total. The van der Waals surface area contributed by atoms with Crippen LogP contribution in [0, 0.1) is 6.92 Å². The third kappa shape index (κ3) is 4.52. The van der Waals surface area contributed by atoms with Crippen LogP contribution in [0.2, 0.25) is 0 Å². The predicted octanol–water partition coefficient (Wildman–Crippen LogP) is 2.03. The van der Waals surface area contributed by atoms with E-state index >= 15 is 0 Å². The molecule has 1 aromatic carbocycles. The van der Waals surface area contributed by atoms with Gasteiger partial charge in [-0.1, -0.05) is 12.1 Å². The van der Waals surface area contributed by atoms with Gasteiger partial charge in [0.05, 0.1) is 0 Å². The highest BCUT2D eigenvalue weighted by Crippen LogP contribution is 2.19. The van der Waals surface area contributed by atoms with E-state index in [-0.39, 0.29) is 10.6 Å². The van der Waals surface area contributed by atoms with Gasteiger partial charge in [-0.2, -0.15) is 8.42 Å². The fourth-order valence-electron chi connectivity index (χ4n) is 1.18. The second-order valence-corrected chi connectivity index (χ2v) is 4.84. The van der Waals surface area contributed by atoms with Gasteiger partial charge in [0.2, 0.25) is 0 Å². The molecule has 0 aliphatic heterocycles. The van der Waals surface area contributed by atoms with Crippen molar-refractivity contribution < 1.29 is 18.1 Å². The summed E-state index contributed by atoms with van der Waals surface area (Å²) < 4.78 is 30.0. The Morgan fingerprint density at radius 3 is 2.06 bits per heavy atom. The molecule has 0 fully saturated rings. The summed E-state index contributed by atoms with van der Waals surface area (Å²) in [6, 6.07) is 9.49. The Morgan fingerprint density at radius 1 is 1.11 bits per heavy atom. The number of aryl methyl sites for hydroxylation is 1. The first-order chi connectivity index (χ1) is 8.41. The lowest BCUT2D eigenvalue weighted by Crippen LogP contribution is -2.00. The molecule has 2 N–H and O–H groups in total. The zero-order valence-electron chi connectivity index (χ0n) is 9.69. The van der Waals surface area contributed by atoms with Crippen molar-refractivity contribution in [3.8, 4) is 5.75 Å². The summed E-state index contributed by atoms with van der Waals surface area (Å²) in [5.74, 6) is -0.187. The average Bonchev–Trinajstić information content (AvgIpc) is 2.34. The quantitative estimate of drug-likeness (QED) is 0.772. The molecule has 0 saturated carbocycles. The first-order valence-electron chi connectivity index (χ1n) is 5.03. The summed E-state index contributed by atoms with van der Waals surface area (Å²) in [7, 11) is -4.22. The number of rotatable bonds is 1. The fraction of sp³-hybridized carbons (Fsp3) is 0.0833. The highest BCUT2D eigenvalue weighted by Gasteiger charge is 2.12. The van der Waals surface area contributed by atoms with E-state index in [0.717, 1.165) is 6.07 Å². The number of hydrogen-bond donors (Lipinski definition) is 2. The summed E-state index contributed by atoms with van der Waals surface area (Å²) in [5.41, 5.74) is 0.398. The van der Waals surface area contributed by atoms with Gasteiger partial charge < -0.3 is 5.11 Å². The average molecular weight is 267 g/mol. The van der Waals surface area contributed by atoms with Crippen molar-refractivity contribution in [3.63, 3.8) is 0 Å². The fourth-order valence-corrected chi connectivity index (χ4v) is 1.92. The maximum absolute atomic E-state index is 10.7. The van der Waals surface area contributed by atoms with Gasteiger partial charge in [0.1, 0.15) is 10.6 Å². The van der Waals surface area contributed by atoms with E-state index in [9.17, 15) is 8.42 Å². The van der Waals surface area contributed by atoms with Crippen LogP contribution < -0.4 is 0 Å². The van der Waals surface area contributed by atoms with Crippen LogP contribution in [0.3, 0.4) is 0 Å². The molecule has 1 aromatic heterocycles. The van der Waals surface area contributed by atoms with Gasteiger partial charge in [-0.15, -0.1) is 0 Å². The Labute approximate surface area is 106 Å². The van der Waals surface area contributed by atoms with Crippen LogP contribution >= 0.6 is 0 Å². The Kier molecular flexibility index (Phi) is 4.82. The van der Waals surface area contributed by atoms with E-state index in [1.165, 1.54) is 19.1 Å². The molecule has 0 aliphatic carbocycles. The molecule has 0 atom stereocenters. The van der Waals surface area contributed by atoms with E-state index in [4.69, 9.17) is 9.66 Å². The largest absolute Gasteiger partial charge is 0.508 e. The zero-order valence-corrected chi connectivity index (χ0v) is 10.5. The van der Waals surface area contributed by atoms with E-state index in [1.807, 2.05) is 18.2 Å². The molecule has 0 radical (unpaired) electrons. The van der Waals surface area contributed by atoms with Crippen molar-refractivity contribution in [1.29, 1.82) is 0 Å². The summed E-state index contributed by atoms with van der Waals surface area (Å²) in [6.45, 7) is 1.53. The summed E-state index contributed by atoms with van der Waals surface area (Å²) in [4.78, 5) is 3.52. The summed E-state index contributed by atoms with van der Waals surface area (Å²) in [5, 5.41) is 8.93. The topological polar surface area (TPSA) is 87.5 Å². The van der Waals surface area contributed by atoms with E-state index in [0.29, 0.717) is 5.56 Å². The van der Waals surface area contributed by atoms with Crippen LogP contribution in [0.25, 0.3) is 0 Å². The van der Waals surface area contributed by atoms with Crippen LogP contribution in [-0.4, -0.2) is 23.1 Å². The second-order valence-electron chi connectivity index (χ2n) is 3.45. The molecule has 0 amide bonds. The molecule has 0 spiro atoms. The molecule has 1 heterocycles. The van der Waals surface area contributed by atoms with Crippen molar-refractivity contribution >= 4 is 10.1 Å². The number of hydrogen-bond acceptors (Lipinski definition) is 4. The molecule has 6 heteroatoms. The van der Waals surface area contributed by atoms with E-state index in [1.54, 1.807) is 12.4 Å². The number of pyridine rings is 1. The van der Waals surface area contributed by atoms with Crippen LogP contribution in [0.15, 0.2) is 53.7 Å². The minimum absolute atomic E-state index is 0.187. The molecule has 2 rings (SSSR count). The molecule has 2 aromatic rings. The number of benzene rings is 1. The Morgan fingerprint density at radius 2 is 1.72 bits per heavy atom. The normalized spacial score (nSPS) is 10.3. The Bertz CT molecular complexity index is 570. The van der Waals surface area contributed by atoms with Gasteiger partial charge in [-0.05, 0) is 30.7 Å². The lowest BCUT2D eigenvalue weighted by atomic mass is 10.2. The van der Waals surface area contributed by atoms with Gasteiger partial charge in [0.25, 0.3) is 10.1 Å². The van der Waals surface area contributed by atoms with Crippen molar-refractivity contribution in [1.82, 2.24) is 4.98 Å². The lowest BCUT2D eigenvalue weighted by molar-refractivity contribution is 0.465. The smallest absolute Gasteiger partial charge is 0.294 e. The number of phenolic OH excluding ortho intramolecular Hbond substituents is 1. The number of phenols is 1. The van der Waals surface area contributed by atoms with Gasteiger partial charge in [0, 0.05) is 18.5 Å². The molecule has 96 valence electrons. The second kappa shape index (κ2) is 6.13. The van der Waals surface area contributed by atoms with Crippen LogP contribution in [0.4, 0.5) is 0 Å². The molecule has 0 aliphatic rings. The third-order valence-corrected chi connectivity index (χ3v) is 3.01. The third-order valence-electron chi connectivity index (χ3n) is 2.02. The SMILES string of the molecule is Cc1ccc(O)cc1S(=O)(=O)O.c1ccncc1. The van der Waals surface area contributed by atoms with Crippen molar-refractivity contribution in [2.24, 2.45) is 0 Å². The molecule has 0 unspecified atom stereocenters. The molecule has 0 bridgehead atoms. The minimum atomic E-state index is -4.22. The van der Waals surface area contributed by atoms with Crippen LogP contribution in [-0.2, 0) is 10.1 Å². The summed E-state index contributed by atoms with van der Waals surface area (Å²) >= 11 is 0. The van der Waals surface area contributed by atoms with E-state index < -0.39 is 10.1 Å². The summed E-state index contributed by atoms with van der Waals surface area (Å²) in [6.07, 6.45) is 3.50. The van der Waals surface area contributed by atoms with Crippen LogP contribution in [0.1, 0.15) is 5.56 Å². The highest BCUT2D eigenvalue weighted by atomic mass is 32.2. The standard InChI is InChI=1S/C7H8O4S.C5H5N/c1-5-2-3-6(8)4-7(5)12(9,10)11;1-2-4-6-5-3-1/h2-4,8H,1H3,(H,9,10,11);1-5H. The van der Waals surface area contributed by atoms with Crippen molar-refractivity contribution in [3.05, 3.63) is 54.4 Å². The van der Waals surface area contributed by atoms with Crippen molar-refractivity contribution in [2.45, 2.75) is 11.8 Å². The number of nitrogens with zero attached hydrogens (tertiary/aromatic N) is 1. The molecular weight excluding hydrogens is 254 g/mol. The molecule has 0 saturated heterocycles. The van der Waals surface area contributed by atoms with Gasteiger partial charge in [0.15, 0.2) is 0 Å². The van der Waals surface area contributed by atoms with Gasteiger partial charge in [-0.3, -0.25) is 9.54 Å². The van der Waals surface area contributed by atoms with E-state index in [2.05, 4.69) is 4.98 Å². The zero-order chi connectivity index (χ0) is 13.6. The monoisotopic (exact) mass is 267 g/mol. The first-order valence-corrected chi connectivity index (χ1v) is 6.47. The highest BCUT2D eigenvalue weighted by molar-refractivity contribution is 7.85. The molecular formula is C12H13NO4S. The number of aromatic hydroxyl groups is 1. The molecule has 18 heavy (non-hydrogen) atoms. The Hall–Kier alpha value is -1.92. The maximum Gasteiger partial charge on any atom is 0.294 e. The van der Waals surface area contributed by atoms with Gasteiger partial charge in [-0.25, -0.2) is 0 Å². The van der Waals surface area contributed by atoms with Crippen molar-refractivity contribution in [2.75, 3.05) is 0 Å². The van der Waals surface area contributed by atoms with Crippen LogP contribution in [0.5, 0.6) is 5.75 Å².